The van der Waals surface area contributed by atoms with Crippen molar-refractivity contribution in [3.8, 4) is 22.9 Å². The number of ether oxygens (including phenoxy) is 2. The van der Waals surface area contributed by atoms with E-state index in [9.17, 15) is 9.90 Å². The van der Waals surface area contributed by atoms with Gasteiger partial charge in [-0.1, -0.05) is 65.2 Å². The Morgan fingerprint density at radius 2 is 1.27 bits per heavy atom. The minimum absolute atomic E-state index is 0.0162. The highest BCUT2D eigenvalue weighted by atomic mass is 16.5. The Morgan fingerprint density at radius 3 is 1.82 bits per heavy atom. The summed E-state index contributed by atoms with van der Waals surface area (Å²) in [6, 6.07) is 16.2. The minimum Gasteiger partial charge on any atom is -0.502 e. The number of piperazine rings is 1. The number of hydrogen-bond donors (Lipinski definition) is 1. The van der Waals surface area contributed by atoms with Gasteiger partial charge >= 0.3 is 0 Å². The van der Waals surface area contributed by atoms with Gasteiger partial charge in [0.2, 0.25) is 11.7 Å². The summed E-state index contributed by atoms with van der Waals surface area (Å²) in [5, 5.41) is 10.9. The van der Waals surface area contributed by atoms with E-state index in [2.05, 4.69) is 47.6 Å². The predicted molar refractivity (Wildman–Crippen MR) is 180 cm³/mol. The summed E-state index contributed by atoms with van der Waals surface area (Å²) in [5.74, 6) is 0.838. The molecular formula is C37H51N3O4. The molecule has 1 aliphatic heterocycles. The number of phenolic OH excluding ortho intramolecular Hbond substituents is 1. The van der Waals surface area contributed by atoms with Crippen LogP contribution in [0.4, 0.5) is 5.69 Å². The first-order valence-corrected chi connectivity index (χ1v) is 16.7. The van der Waals surface area contributed by atoms with Crippen molar-refractivity contribution in [2.24, 2.45) is 0 Å². The molecule has 3 aromatic rings. The highest BCUT2D eigenvalue weighted by molar-refractivity contribution is 5.92. The zero-order valence-electron chi connectivity index (χ0n) is 26.8. The number of phenols is 1. The molecule has 7 nitrogen and oxygen atoms in total. The smallest absolute Gasteiger partial charge is 0.246 e. The van der Waals surface area contributed by atoms with Gasteiger partial charge in [-0.2, -0.15) is 0 Å². The molecule has 1 amide bonds. The van der Waals surface area contributed by atoms with E-state index in [1.807, 2.05) is 29.4 Å². The molecule has 1 aliphatic rings. The van der Waals surface area contributed by atoms with Crippen LogP contribution in [0.25, 0.3) is 11.8 Å². The Labute approximate surface area is 264 Å². The monoisotopic (exact) mass is 601 g/mol. The zero-order valence-corrected chi connectivity index (χ0v) is 26.8. The number of rotatable bonds is 18. The standard InChI is InChI=1S/C37H51N3O4/c1-3-5-7-9-13-27-43-34-29-31(30-35(37(34)42)44-28-14-10-8-6-4-2)15-20-36(41)40-25-23-39(24-26-40)33-18-16-32(17-19-33)38-21-11-12-22-38/h11-12,15-22,29-30,42H,3-10,13-14,23-28H2,1-2H3. The van der Waals surface area contributed by atoms with Crippen LogP contribution >= 0.6 is 0 Å². The fourth-order valence-electron chi connectivity index (χ4n) is 5.49. The molecule has 2 heterocycles. The van der Waals surface area contributed by atoms with Crippen LogP contribution < -0.4 is 14.4 Å². The van der Waals surface area contributed by atoms with Crippen molar-refractivity contribution in [2.45, 2.75) is 78.1 Å². The summed E-state index contributed by atoms with van der Waals surface area (Å²) in [7, 11) is 0. The maximum absolute atomic E-state index is 13.1. The van der Waals surface area contributed by atoms with Crippen LogP contribution in [0.15, 0.2) is 67.0 Å². The normalized spacial score (nSPS) is 13.5. The molecule has 0 spiro atoms. The van der Waals surface area contributed by atoms with Gasteiger partial charge in [0.05, 0.1) is 13.2 Å². The number of aromatic hydroxyl groups is 1. The Balaban J connectivity index is 1.33. The van der Waals surface area contributed by atoms with E-state index < -0.39 is 0 Å². The van der Waals surface area contributed by atoms with Gasteiger partial charge in [0.1, 0.15) is 0 Å². The number of hydrogen-bond acceptors (Lipinski definition) is 5. The molecule has 0 saturated carbocycles. The van der Waals surface area contributed by atoms with Crippen LogP contribution in [0.3, 0.4) is 0 Å². The lowest BCUT2D eigenvalue weighted by atomic mass is 10.1. The maximum atomic E-state index is 13.1. The Hall–Kier alpha value is -3.87. The van der Waals surface area contributed by atoms with Crippen LogP contribution in [-0.4, -0.2) is 59.9 Å². The molecule has 1 fully saturated rings. The number of carbonyl (C=O) groups is 1. The first-order valence-electron chi connectivity index (χ1n) is 16.7. The van der Waals surface area contributed by atoms with E-state index in [1.165, 1.54) is 44.2 Å². The van der Waals surface area contributed by atoms with Crippen molar-refractivity contribution >= 4 is 17.7 Å². The zero-order chi connectivity index (χ0) is 31.0. The summed E-state index contributed by atoms with van der Waals surface area (Å²) in [4.78, 5) is 17.3. The number of benzene rings is 2. The molecule has 2 aromatic carbocycles. The van der Waals surface area contributed by atoms with E-state index >= 15 is 0 Å². The molecule has 7 heteroatoms. The second kappa shape index (κ2) is 18.1. The lowest BCUT2D eigenvalue weighted by Gasteiger charge is -2.35. The molecular weight excluding hydrogens is 550 g/mol. The highest BCUT2D eigenvalue weighted by Gasteiger charge is 2.20. The SMILES string of the molecule is CCCCCCCOc1cc(C=CC(=O)N2CCN(c3ccc(-n4cccc4)cc3)CC2)cc(OCCCCCCC)c1O. The largest absolute Gasteiger partial charge is 0.502 e. The van der Waals surface area contributed by atoms with Crippen LogP contribution in [0.2, 0.25) is 0 Å². The Bertz CT molecular complexity index is 1240. The first-order chi connectivity index (χ1) is 21.6. The average Bonchev–Trinajstić information content (AvgIpc) is 3.60. The maximum Gasteiger partial charge on any atom is 0.246 e. The lowest BCUT2D eigenvalue weighted by Crippen LogP contribution is -2.48. The van der Waals surface area contributed by atoms with Gasteiger partial charge in [-0.05, 0) is 73.0 Å². The van der Waals surface area contributed by atoms with Gasteiger partial charge in [0, 0.05) is 56.0 Å². The molecule has 4 rings (SSSR count). The molecule has 0 atom stereocenters. The van der Waals surface area contributed by atoms with Crippen molar-refractivity contribution < 1.29 is 19.4 Å². The van der Waals surface area contributed by atoms with Gasteiger partial charge in [0.15, 0.2) is 11.5 Å². The molecule has 0 aliphatic carbocycles. The quantitative estimate of drug-likeness (QED) is 0.117. The summed E-state index contributed by atoms with van der Waals surface area (Å²) in [6.45, 7) is 8.39. The Kier molecular flexibility index (Phi) is 13.6. The van der Waals surface area contributed by atoms with E-state index in [0.717, 1.165) is 50.0 Å². The highest BCUT2D eigenvalue weighted by Crippen LogP contribution is 2.38. The van der Waals surface area contributed by atoms with E-state index in [0.29, 0.717) is 37.8 Å². The summed E-state index contributed by atoms with van der Waals surface area (Å²) in [5.41, 5.74) is 3.08. The molecule has 1 N–H and O–H groups in total. The Morgan fingerprint density at radius 1 is 0.750 bits per heavy atom. The summed E-state index contributed by atoms with van der Waals surface area (Å²) < 4.78 is 14.1. The minimum atomic E-state index is -0.0162. The van der Waals surface area contributed by atoms with Crippen LogP contribution in [0.5, 0.6) is 17.2 Å². The fraction of sp³-hybridized carbons (Fsp3) is 0.486. The lowest BCUT2D eigenvalue weighted by molar-refractivity contribution is -0.126. The summed E-state index contributed by atoms with van der Waals surface area (Å²) >= 11 is 0. The number of amides is 1. The third kappa shape index (κ3) is 10.1. The third-order valence-electron chi connectivity index (χ3n) is 8.20. The van der Waals surface area contributed by atoms with Gasteiger partial charge in [-0.15, -0.1) is 0 Å². The topological polar surface area (TPSA) is 67.2 Å². The molecule has 0 bridgehead atoms. The number of anilines is 1. The van der Waals surface area contributed by atoms with Crippen molar-refractivity contribution in [3.63, 3.8) is 0 Å². The summed E-state index contributed by atoms with van der Waals surface area (Å²) in [6.07, 6.45) is 18.8. The van der Waals surface area contributed by atoms with Gasteiger partial charge < -0.3 is 28.9 Å². The first kappa shape index (κ1) is 33.0. The molecule has 1 saturated heterocycles. The molecule has 1 aromatic heterocycles. The number of carbonyl (C=O) groups excluding carboxylic acids is 1. The molecule has 0 unspecified atom stereocenters. The fourth-order valence-corrected chi connectivity index (χ4v) is 5.49. The average molecular weight is 602 g/mol. The van der Waals surface area contributed by atoms with Crippen molar-refractivity contribution in [3.05, 3.63) is 72.6 Å². The van der Waals surface area contributed by atoms with Crippen molar-refractivity contribution in [1.29, 1.82) is 0 Å². The van der Waals surface area contributed by atoms with Gasteiger partial charge in [-0.3, -0.25) is 4.79 Å². The van der Waals surface area contributed by atoms with E-state index in [1.54, 1.807) is 24.3 Å². The van der Waals surface area contributed by atoms with Crippen LogP contribution in [0, 0.1) is 0 Å². The van der Waals surface area contributed by atoms with Gasteiger partial charge in [-0.25, -0.2) is 0 Å². The second-order valence-electron chi connectivity index (χ2n) is 11.6. The number of nitrogens with zero attached hydrogens (tertiary/aromatic N) is 3. The van der Waals surface area contributed by atoms with Crippen LogP contribution in [0.1, 0.15) is 83.6 Å². The van der Waals surface area contributed by atoms with E-state index in [-0.39, 0.29) is 11.7 Å². The van der Waals surface area contributed by atoms with Crippen molar-refractivity contribution in [2.75, 3.05) is 44.3 Å². The van der Waals surface area contributed by atoms with Crippen molar-refractivity contribution in [1.82, 2.24) is 9.47 Å². The molecule has 238 valence electrons. The van der Waals surface area contributed by atoms with Crippen LogP contribution in [-0.2, 0) is 4.79 Å². The molecule has 0 radical (unpaired) electrons. The predicted octanol–water partition coefficient (Wildman–Crippen LogP) is 8.24. The van der Waals surface area contributed by atoms with E-state index in [4.69, 9.17) is 9.47 Å². The third-order valence-corrected chi connectivity index (χ3v) is 8.20. The number of unbranched alkanes of at least 4 members (excludes halogenated alkanes) is 8. The van der Waals surface area contributed by atoms with Gasteiger partial charge in [0.25, 0.3) is 0 Å². The second-order valence-corrected chi connectivity index (χ2v) is 11.6. The number of aromatic nitrogens is 1. The molecule has 44 heavy (non-hydrogen) atoms.